The molecule has 3 heterocycles. The number of likely N-dealkylation sites (tertiary alicyclic amines) is 1. The predicted molar refractivity (Wildman–Crippen MR) is 80.2 cm³/mol. The second-order valence-electron chi connectivity index (χ2n) is 5.86. The van der Waals surface area contributed by atoms with Crippen molar-refractivity contribution >= 4 is 11.6 Å². The molecule has 1 aliphatic rings. The predicted octanol–water partition coefficient (Wildman–Crippen LogP) is 1.59. The minimum absolute atomic E-state index is 0.0633. The van der Waals surface area contributed by atoms with E-state index in [2.05, 4.69) is 22.0 Å². The minimum Gasteiger partial charge on any atom is -0.345 e. The highest BCUT2D eigenvalue weighted by Gasteiger charge is 2.25. The Morgan fingerprint density at radius 3 is 2.90 bits per heavy atom. The quantitative estimate of drug-likeness (QED) is 0.841. The molecule has 6 nitrogen and oxygen atoms in total. The van der Waals surface area contributed by atoms with Gasteiger partial charge < -0.3 is 4.90 Å². The average Bonchev–Trinajstić information content (AvgIpc) is 2.91. The van der Waals surface area contributed by atoms with Crippen molar-refractivity contribution in [1.29, 1.82) is 0 Å². The van der Waals surface area contributed by atoms with Gasteiger partial charge in [-0.3, -0.25) is 9.69 Å². The molecule has 0 radical (unpaired) electrons. The van der Waals surface area contributed by atoms with E-state index in [1.54, 1.807) is 31.4 Å². The van der Waals surface area contributed by atoms with Crippen LogP contribution >= 0.6 is 0 Å². The van der Waals surface area contributed by atoms with Crippen LogP contribution < -0.4 is 0 Å². The Bertz CT molecular complexity index is 663. The van der Waals surface area contributed by atoms with Gasteiger partial charge >= 0.3 is 0 Å². The summed E-state index contributed by atoms with van der Waals surface area (Å²) in [5, 5.41) is 4.41. The highest BCUT2D eigenvalue weighted by molar-refractivity contribution is 5.99. The first-order chi connectivity index (χ1) is 10.1. The van der Waals surface area contributed by atoms with Gasteiger partial charge in [-0.2, -0.15) is 5.10 Å². The minimum atomic E-state index is -0.0633. The molecule has 0 saturated carbocycles. The van der Waals surface area contributed by atoms with Crippen LogP contribution in [0.1, 0.15) is 41.4 Å². The molecule has 0 bridgehead atoms. The summed E-state index contributed by atoms with van der Waals surface area (Å²) in [5.74, 6) is -0.0633. The molecule has 6 heteroatoms. The highest BCUT2D eigenvalue weighted by Crippen LogP contribution is 2.29. The second-order valence-corrected chi connectivity index (χ2v) is 5.86. The van der Waals surface area contributed by atoms with Crippen molar-refractivity contribution in [3.63, 3.8) is 0 Å². The summed E-state index contributed by atoms with van der Waals surface area (Å²) in [4.78, 5) is 20.5. The topological polar surface area (TPSA) is 53.7 Å². The van der Waals surface area contributed by atoms with E-state index < -0.39 is 0 Å². The summed E-state index contributed by atoms with van der Waals surface area (Å²) in [5.41, 5.74) is 2.31. The van der Waals surface area contributed by atoms with E-state index in [9.17, 15) is 4.79 Å². The van der Waals surface area contributed by atoms with Crippen molar-refractivity contribution in [2.45, 2.75) is 25.3 Å². The van der Waals surface area contributed by atoms with Gasteiger partial charge in [-0.25, -0.2) is 9.50 Å². The Morgan fingerprint density at radius 1 is 1.38 bits per heavy atom. The van der Waals surface area contributed by atoms with Gasteiger partial charge in [-0.15, -0.1) is 0 Å². The van der Waals surface area contributed by atoms with E-state index in [4.69, 9.17) is 0 Å². The summed E-state index contributed by atoms with van der Waals surface area (Å²) in [6.07, 6.45) is 6.99. The first-order valence-corrected chi connectivity index (χ1v) is 7.34. The zero-order valence-corrected chi connectivity index (χ0v) is 12.8. The van der Waals surface area contributed by atoms with E-state index in [1.165, 1.54) is 12.8 Å². The fraction of sp³-hybridized carbons (Fsp3) is 0.533. The van der Waals surface area contributed by atoms with Crippen LogP contribution in [0.3, 0.4) is 0 Å². The number of aromatic nitrogens is 3. The Kier molecular flexibility index (Phi) is 3.63. The number of hydrogen-bond acceptors (Lipinski definition) is 4. The first-order valence-electron chi connectivity index (χ1n) is 7.34. The molecule has 112 valence electrons. The van der Waals surface area contributed by atoms with E-state index in [1.807, 2.05) is 10.6 Å². The second kappa shape index (κ2) is 5.44. The third kappa shape index (κ3) is 2.40. The van der Waals surface area contributed by atoms with Gasteiger partial charge in [0.25, 0.3) is 5.91 Å². The molecule has 0 aliphatic carbocycles. The van der Waals surface area contributed by atoms with Crippen LogP contribution in [0.15, 0.2) is 18.5 Å². The highest BCUT2D eigenvalue weighted by atomic mass is 16.2. The van der Waals surface area contributed by atoms with Crippen LogP contribution in [0.2, 0.25) is 0 Å². The molecule has 1 saturated heterocycles. The lowest BCUT2D eigenvalue weighted by Gasteiger charge is -2.32. The molecule has 1 atom stereocenters. The molecule has 0 unspecified atom stereocenters. The van der Waals surface area contributed by atoms with Crippen molar-refractivity contribution in [2.75, 3.05) is 27.7 Å². The van der Waals surface area contributed by atoms with Crippen molar-refractivity contribution in [2.24, 2.45) is 0 Å². The van der Waals surface area contributed by atoms with Gasteiger partial charge in [0.15, 0.2) is 5.65 Å². The first kappa shape index (κ1) is 14.0. The van der Waals surface area contributed by atoms with E-state index in [0.29, 0.717) is 17.3 Å². The largest absolute Gasteiger partial charge is 0.345 e. The summed E-state index contributed by atoms with van der Waals surface area (Å²) < 4.78 is 1.82. The van der Waals surface area contributed by atoms with Crippen LogP contribution in [-0.4, -0.2) is 58.0 Å². The Balaban J connectivity index is 2.07. The van der Waals surface area contributed by atoms with Crippen LogP contribution in [0.4, 0.5) is 0 Å². The van der Waals surface area contributed by atoms with Gasteiger partial charge in [0.1, 0.15) is 5.56 Å². The molecular formula is C15H21N5O. The smallest absolute Gasteiger partial charge is 0.258 e. The molecule has 0 aromatic carbocycles. The van der Waals surface area contributed by atoms with Gasteiger partial charge in [-0.05, 0) is 32.5 Å². The number of nitrogens with zero attached hydrogens (tertiary/aromatic N) is 5. The van der Waals surface area contributed by atoms with Crippen molar-refractivity contribution in [3.8, 4) is 0 Å². The van der Waals surface area contributed by atoms with Crippen LogP contribution in [-0.2, 0) is 0 Å². The molecule has 1 aliphatic heterocycles. The number of carbonyl (C=O) groups excluding carboxylic acids is 1. The van der Waals surface area contributed by atoms with Crippen LogP contribution in [0, 0.1) is 0 Å². The Hall–Kier alpha value is -1.95. The van der Waals surface area contributed by atoms with E-state index in [-0.39, 0.29) is 5.91 Å². The molecule has 3 rings (SSSR count). The Morgan fingerprint density at radius 2 is 2.19 bits per heavy atom. The Labute approximate surface area is 124 Å². The SMILES string of the molecule is CN(C)C(=O)c1cnn2c([C@@H]3CCCCN3C)ccnc12. The van der Waals surface area contributed by atoms with Gasteiger partial charge in [0.2, 0.25) is 0 Å². The van der Waals surface area contributed by atoms with Gasteiger partial charge in [0, 0.05) is 20.3 Å². The molecule has 1 amide bonds. The monoisotopic (exact) mass is 287 g/mol. The van der Waals surface area contributed by atoms with E-state index >= 15 is 0 Å². The average molecular weight is 287 g/mol. The molecule has 2 aromatic heterocycles. The number of hydrogen-bond donors (Lipinski definition) is 0. The summed E-state index contributed by atoms with van der Waals surface area (Å²) in [6.45, 7) is 1.10. The van der Waals surface area contributed by atoms with Gasteiger partial charge in [0.05, 0.1) is 17.9 Å². The van der Waals surface area contributed by atoms with E-state index in [0.717, 1.165) is 18.7 Å². The van der Waals surface area contributed by atoms with Crippen LogP contribution in [0.25, 0.3) is 5.65 Å². The lowest BCUT2D eigenvalue weighted by molar-refractivity contribution is 0.0829. The summed E-state index contributed by atoms with van der Waals surface area (Å²) in [6, 6.07) is 2.35. The maximum atomic E-state index is 12.2. The molecule has 21 heavy (non-hydrogen) atoms. The maximum Gasteiger partial charge on any atom is 0.258 e. The zero-order chi connectivity index (χ0) is 15.0. The van der Waals surface area contributed by atoms with Crippen LogP contribution in [0.5, 0.6) is 0 Å². The van der Waals surface area contributed by atoms with Crippen molar-refractivity contribution in [1.82, 2.24) is 24.4 Å². The molecule has 0 spiro atoms. The van der Waals surface area contributed by atoms with Crippen molar-refractivity contribution < 1.29 is 4.79 Å². The fourth-order valence-electron chi connectivity index (χ4n) is 3.00. The number of amides is 1. The molecular weight excluding hydrogens is 266 g/mol. The number of carbonyl (C=O) groups is 1. The fourth-order valence-corrected chi connectivity index (χ4v) is 3.00. The number of rotatable bonds is 2. The standard InChI is InChI=1S/C15H21N5O/c1-18(2)15(21)11-10-17-20-13(7-8-16-14(11)20)12-6-4-5-9-19(12)3/h7-8,10,12H,4-6,9H2,1-3H3/t12-/m0/s1. The zero-order valence-electron chi connectivity index (χ0n) is 12.8. The summed E-state index contributed by atoms with van der Waals surface area (Å²) in [7, 11) is 5.63. The third-order valence-electron chi connectivity index (χ3n) is 4.18. The molecule has 2 aromatic rings. The third-order valence-corrected chi connectivity index (χ3v) is 4.18. The number of fused-ring (bicyclic) bond motifs is 1. The molecule has 1 fully saturated rings. The summed E-state index contributed by atoms with van der Waals surface area (Å²) >= 11 is 0. The number of piperidine rings is 1. The maximum absolute atomic E-state index is 12.2. The lowest BCUT2D eigenvalue weighted by Crippen LogP contribution is -2.31. The molecule has 0 N–H and O–H groups in total. The lowest BCUT2D eigenvalue weighted by atomic mass is 10.00. The van der Waals surface area contributed by atoms with Crippen molar-refractivity contribution in [3.05, 3.63) is 29.7 Å². The van der Waals surface area contributed by atoms with Gasteiger partial charge in [-0.1, -0.05) is 6.42 Å². The normalized spacial score (nSPS) is 19.9.